The Balaban J connectivity index is 1.31. The molecule has 42 heavy (non-hydrogen) atoms. The van der Waals surface area contributed by atoms with E-state index in [4.69, 9.17) is 23.4 Å². The number of carbonyl (C=O) groups is 1. The summed E-state index contributed by atoms with van der Waals surface area (Å²) in [6.45, 7) is 10.8. The first-order valence-corrected chi connectivity index (χ1v) is 17.5. The van der Waals surface area contributed by atoms with Crippen LogP contribution in [0.1, 0.15) is 86.0 Å². The van der Waals surface area contributed by atoms with Crippen molar-refractivity contribution >= 4 is 24.7 Å². The van der Waals surface area contributed by atoms with Gasteiger partial charge in [0.25, 0.3) is 8.32 Å². The molecule has 5 rings (SSSR count). The molecular weight excluding hydrogens is 548 g/mol. The van der Waals surface area contributed by atoms with Gasteiger partial charge in [-0.3, -0.25) is 4.79 Å². The molecule has 0 aliphatic carbocycles. The maximum absolute atomic E-state index is 11.6. The van der Waals surface area contributed by atoms with Gasteiger partial charge in [0.2, 0.25) is 5.79 Å². The van der Waals surface area contributed by atoms with Crippen LogP contribution in [0.2, 0.25) is 5.04 Å². The van der Waals surface area contributed by atoms with Crippen LogP contribution in [0.3, 0.4) is 0 Å². The van der Waals surface area contributed by atoms with Crippen molar-refractivity contribution in [2.75, 3.05) is 13.2 Å². The highest BCUT2D eigenvalue weighted by molar-refractivity contribution is 6.99. The van der Waals surface area contributed by atoms with Gasteiger partial charge >= 0.3 is 5.97 Å². The fourth-order valence-electron chi connectivity index (χ4n) is 7.22. The molecule has 0 bridgehead atoms. The normalized spacial score (nSPS) is 31.9. The molecule has 0 amide bonds. The highest BCUT2D eigenvalue weighted by Crippen LogP contribution is 2.53. The van der Waals surface area contributed by atoms with E-state index in [0.29, 0.717) is 32.3 Å². The fraction of sp³-hybridized carbons (Fsp3) is 0.618. The van der Waals surface area contributed by atoms with Gasteiger partial charge in [-0.05, 0) is 54.4 Å². The van der Waals surface area contributed by atoms with Gasteiger partial charge < -0.3 is 28.5 Å². The van der Waals surface area contributed by atoms with Crippen LogP contribution >= 0.6 is 0 Å². The number of carbonyl (C=O) groups excluding carboxylic acids is 1. The molecule has 0 aromatic heterocycles. The van der Waals surface area contributed by atoms with Gasteiger partial charge in [0.05, 0.1) is 12.2 Å². The van der Waals surface area contributed by atoms with E-state index in [2.05, 4.69) is 81.4 Å². The Kier molecular flexibility index (Phi) is 9.06. The molecule has 3 aliphatic heterocycles. The Hall–Kier alpha value is -2.07. The van der Waals surface area contributed by atoms with Crippen molar-refractivity contribution in [3.63, 3.8) is 0 Å². The lowest BCUT2D eigenvalue weighted by molar-refractivity contribution is -0.402. The summed E-state index contributed by atoms with van der Waals surface area (Å²) in [4.78, 5) is 11.4. The van der Waals surface area contributed by atoms with E-state index >= 15 is 0 Å². The molecule has 0 unspecified atom stereocenters. The Morgan fingerprint density at radius 3 is 2.17 bits per heavy atom. The van der Waals surface area contributed by atoms with Crippen LogP contribution in [0.5, 0.6) is 0 Å². The first-order valence-electron chi connectivity index (χ1n) is 15.6. The molecule has 3 saturated heterocycles. The van der Waals surface area contributed by atoms with Gasteiger partial charge in [0.1, 0.15) is 12.2 Å². The molecule has 230 valence electrons. The third-order valence-electron chi connectivity index (χ3n) is 9.43. The van der Waals surface area contributed by atoms with Gasteiger partial charge in [-0.1, -0.05) is 81.4 Å². The highest BCUT2D eigenvalue weighted by Gasteiger charge is 2.63. The average molecular weight is 597 g/mol. The van der Waals surface area contributed by atoms with Crippen molar-refractivity contribution in [2.45, 2.75) is 120 Å². The number of benzene rings is 2. The van der Waals surface area contributed by atoms with Crippen LogP contribution in [0.4, 0.5) is 0 Å². The maximum atomic E-state index is 11.6. The second kappa shape index (κ2) is 12.1. The van der Waals surface area contributed by atoms with Crippen LogP contribution < -0.4 is 10.4 Å². The molecule has 8 heteroatoms. The molecule has 3 fully saturated rings. The largest absolute Gasteiger partial charge is 0.463 e. The van der Waals surface area contributed by atoms with E-state index in [1.807, 2.05) is 6.92 Å². The zero-order chi connectivity index (χ0) is 30.1. The van der Waals surface area contributed by atoms with E-state index in [0.717, 1.165) is 25.7 Å². The van der Waals surface area contributed by atoms with Gasteiger partial charge in [-0.2, -0.15) is 0 Å². The Morgan fingerprint density at radius 1 is 0.929 bits per heavy atom. The highest BCUT2D eigenvalue weighted by atomic mass is 28.4. The van der Waals surface area contributed by atoms with Crippen LogP contribution in [0, 0.1) is 0 Å². The number of aliphatic hydroxyl groups is 1. The van der Waals surface area contributed by atoms with E-state index in [-0.39, 0.29) is 29.8 Å². The Labute approximate surface area is 252 Å². The minimum atomic E-state index is -2.65. The lowest BCUT2D eigenvalue weighted by atomic mass is 9.83. The predicted molar refractivity (Wildman–Crippen MR) is 164 cm³/mol. The summed E-state index contributed by atoms with van der Waals surface area (Å²) in [6, 6.07) is 21.3. The molecular formula is C34H48O7Si. The molecule has 0 radical (unpaired) electrons. The van der Waals surface area contributed by atoms with Crippen molar-refractivity contribution < 1.29 is 33.3 Å². The number of rotatable bonds is 8. The smallest absolute Gasteiger partial charge is 0.302 e. The molecule has 7 nitrogen and oxygen atoms in total. The standard InChI is InChI=1S/C34H48O7Si/c1-26(35)37-25-28-13-12-20-33(39-28)22-23-34(41-33)32(5,36)21-18-27(40-34)19-24-38-42(31(2,3)4,29-14-8-6-9-15-29)30-16-10-7-11-17-30/h6-11,14-17,27-28,36H,12-13,18-25H2,1-5H3/t27-,28+,32+,33-,34+/m1/s1. The summed E-state index contributed by atoms with van der Waals surface area (Å²) in [5.41, 5.74) is -1.14. The summed E-state index contributed by atoms with van der Waals surface area (Å²) < 4.78 is 32.1. The van der Waals surface area contributed by atoms with Crippen molar-refractivity contribution in [1.29, 1.82) is 0 Å². The SMILES string of the molecule is CC(=O)OC[C@@H]1CCC[C@@]2(CC[C@]3(O[C@@H](CCO[Si](c4ccccc4)(c4ccccc4)C(C)(C)C)CC[C@]3(C)O)O2)O1. The second-order valence-electron chi connectivity index (χ2n) is 13.6. The van der Waals surface area contributed by atoms with E-state index in [1.165, 1.54) is 17.3 Å². The maximum Gasteiger partial charge on any atom is 0.302 e. The molecule has 2 spiro atoms. The Morgan fingerprint density at radius 2 is 1.57 bits per heavy atom. The lowest BCUT2D eigenvalue weighted by Gasteiger charge is -2.50. The molecule has 2 aromatic rings. The first-order chi connectivity index (χ1) is 19.9. The van der Waals surface area contributed by atoms with Gasteiger partial charge in [0.15, 0.2) is 5.79 Å². The van der Waals surface area contributed by atoms with E-state index < -0.39 is 25.5 Å². The van der Waals surface area contributed by atoms with Crippen LogP contribution in [0.15, 0.2) is 60.7 Å². The van der Waals surface area contributed by atoms with Crippen LogP contribution in [-0.2, 0) is 28.2 Å². The van der Waals surface area contributed by atoms with Crippen molar-refractivity contribution in [1.82, 2.24) is 0 Å². The minimum absolute atomic E-state index is 0.101. The summed E-state index contributed by atoms with van der Waals surface area (Å²) >= 11 is 0. The number of hydrogen-bond donors (Lipinski definition) is 1. The second-order valence-corrected chi connectivity index (χ2v) is 17.9. The van der Waals surface area contributed by atoms with Crippen molar-refractivity contribution in [3.05, 3.63) is 60.7 Å². The van der Waals surface area contributed by atoms with Gasteiger partial charge in [-0.25, -0.2) is 0 Å². The quantitative estimate of drug-likeness (QED) is 0.331. The average Bonchev–Trinajstić information content (AvgIpc) is 3.30. The number of esters is 1. The lowest BCUT2D eigenvalue weighted by Crippen LogP contribution is -2.66. The van der Waals surface area contributed by atoms with Crippen molar-refractivity contribution in [3.8, 4) is 0 Å². The van der Waals surface area contributed by atoms with Crippen LogP contribution in [0.25, 0.3) is 0 Å². The monoisotopic (exact) mass is 596 g/mol. The van der Waals surface area contributed by atoms with Crippen molar-refractivity contribution in [2.24, 2.45) is 0 Å². The molecule has 1 N–H and O–H groups in total. The fourth-order valence-corrected chi connectivity index (χ4v) is 11.8. The molecule has 0 saturated carbocycles. The zero-order valence-corrected chi connectivity index (χ0v) is 26.9. The summed E-state index contributed by atoms with van der Waals surface area (Å²) in [5, 5.41) is 14.0. The number of hydrogen-bond acceptors (Lipinski definition) is 7. The topological polar surface area (TPSA) is 83.5 Å². The Bertz CT molecular complexity index is 1160. The summed E-state index contributed by atoms with van der Waals surface area (Å²) in [5.74, 6) is -2.29. The van der Waals surface area contributed by atoms with E-state index in [1.54, 1.807) is 0 Å². The minimum Gasteiger partial charge on any atom is -0.463 e. The molecule has 5 atom stereocenters. The first kappa shape index (κ1) is 31.4. The third-order valence-corrected chi connectivity index (χ3v) is 14.5. The summed E-state index contributed by atoms with van der Waals surface area (Å²) in [6.07, 6.45) is 5.29. The third kappa shape index (κ3) is 6.12. The van der Waals surface area contributed by atoms with Crippen LogP contribution in [-0.4, -0.2) is 62.0 Å². The number of ether oxygens (including phenoxy) is 4. The van der Waals surface area contributed by atoms with E-state index in [9.17, 15) is 9.90 Å². The van der Waals surface area contributed by atoms with Gasteiger partial charge in [-0.15, -0.1) is 0 Å². The molecule has 3 aliphatic rings. The predicted octanol–water partition coefficient (Wildman–Crippen LogP) is 5.22. The summed E-state index contributed by atoms with van der Waals surface area (Å²) in [7, 11) is -2.65. The molecule has 2 aromatic carbocycles. The molecule has 3 heterocycles. The zero-order valence-electron chi connectivity index (χ0n) is 25.9. The van der Waals surface area contributed by atoms with Gasteiger partial charge in [0, 0.05) is 32.8 Å².